The Kier molecular flexibility index (Phi) is 4.92. The summed E-state index contributed by atoms with van der Waals surface area (Å²) < 4.78 is 0. The van der Waals surface area contributed by atoms with Gasteiger partial charge >= 0.3 is 0 Å². The maximum absolute atomic E-state index is 12.7. The normalized spacial score (nSPS) is 14.5. The first-order valence-corrected chi connectivity index (χ1v) is 9.42. The molecule has 8 heteroatoms. The Balaban J connectivity index is 1.43. The molecule has 1 amide bonds. The predicted molar refractivity (Wildman–Crippen MR) is 109 cm³/mol. The monoisotopic (exact) mass is 398 g/mol. The van der Waals surface area contributed by atoms with Crippen LogP contribution in [0.4, 0.5) is 11.4 Å². The van der Waals surface area contributed by atoms with Crippen LogP contribution in [0.3, 0.4) is 0 Å². The molecule has 0 spiro atoms. The zero-order chi connectivity index (χ0) is 19.7. The number of carbonyl (C=O) groups is 1. The van der Waals surface area contributed by atoms with E-state index in [-0.39, 0.29) is 11.6 Å². The number of piperazine rings is 1. The van der Waals surface area contributed by atoms with Crippen molar-refractivity contribution in [2.75, 3.05) is 31.1 Å². The summed E-state index contributed by atoms with van der Waals surface area (Å²) in [6.45, 7) is 2.14. The minimum absolute atomic E-state index is 0.00827. The first kappa shape index (κ1) is 18.3. The number of benzene rings is 2. The number of nitro benzene ring substituents is 1. The quantitative estimate of drug-likeness (QED) is 0.537. The maximum atomic E-state index is 12.7. The summed E-state index contributed by atoms with van der Waals surface area (Å²) in [6.07, 6.45) is 2.22. The van der Waals surface area contributed by atoms with Gasteiger partial charge in [0.25, 0.3) is 5.69 Å². The summed E-state index contributed by atoms with van der Waals surface area (Å²) in [5.41, 5.74) is 2.53. The maximum Gasteiger partial charge on any atom is 0.294 e. The molecule has 0 atom stereocenters. The number of halogens is 1. The number of amides is 1. The van der Waals surface area contributed by atoms with Gasteiger partial charge in [0.15, 0.2) is 0 Å². The number of hydrogen-bond donors (Lipinski definition) is 1. The smallest absolute Gasteiger partial charge is 0.294 e. The average molecular weight is 399 g/mol. The molecular weight excluding hydrogens is 380 g/mol. The van der Waals surface area contributed by atoms with Gasteiger partial charge in [-0.15, -0.1) is 0 Å². The number of carbonyl (C=O) groups excluding carboxylic acids is 1. The molecule has 2 heterocycles. The molecule has 28 heavy (non-hydrogen) atoms. The molecule has 2 aromatic carbocycles. The van der Waals surface area contributed by atoms with Crippen LogP contribution < -0.4 is 4.90 Å². The number of anilines is 1. The molecule has 1 fully saturated rings. The highest BCUT2D eigenvalue weighted by Gasteiger charge is 2.26. The van der Waals surface area contributed by atoms with Crippen molar-refractivity contribution in [1.82, 2.24) is 9.88 Å². The number of hydrogen-bond acceptors (Lipinski definition) is 4. The van der Waals surface area contributed by atoms with Crippen LogP contribution in [0.25, 0.3) is 10.9 Å². The highest BCUT2D eigenvalue weighted by Crippen LogP contribution is 2.31. The van der Waals surface area contributed by atoms with Gasteiger partial charge in [0, 0.05) is 54.4 Å². The number of nitro groups is 1. The molecule has 144 valence electrons. The zero-order valence-electron chi connectivity index (χ0n) is 15.1. The highest BCUT2D eigenvalue weighted by atomic mass is 35.5. The van der Waals surface area contributed by atoms with Gasteiger partial charge in [-0.1, -0.05) is 29.8 Å². The fourth-order valence-electron chi connectivity index (χ4n) is 3.66. The van der Waals surface area contributed by atoms with Crippen molar-refractivity contribution < 1.29 is 9.72 Å². The van der Waals surface area contributed by atoms with Crippen molar-refractivity contribution in [3.05, 3.63) is 69.4 Å². The first-order chi connectivity index (χ1) is 13.5. The molecule has 1 aromatic heterocycles. The van der Waals surface area contributed by atoms with E-state index in [1.165, 1.54) is 6.07 Å². The third-order valence-electron chi connectivity index (χ3n) is 5.12. The third kappa shape index (κ3) is 3.53. The molecule has 0 unspecified atom stereocenters. The summed E-state index contributed by atoms with van der Waals surface area (Å²) in [4.78, 5) is 30.6. The summed E-state index contributed by atoms with van der Waals surface area (Å²) >= 11 is 5.90. The van der Waals surface area contributed by atoms with E-state index >= 15 is 0 Å². The minimum Gasteiger partial charge on any atom is -0.362 e. The lowest BCUT2D eigenvalue weighted by Gasteiger charge is -2.35. The Morgan fingerprint density at radius 3 is 2.64 bits per heavy atom. The minimum atomic E-state index is -0.421. The Morgan fingerprint density at radius 2 is 1.89 bits per heavy atom. The van der Waals surface area contributed by atoms with Crippen molar-refractivity contribution >= 4 is 39.8 Å². The second kappa shape index (κ2) is 7.52. The number of aromatic amines is 1. The highest BCUT2D eigenvalue weighted by molar-refractivity contribution is 6.30. The van der Waals surface area contributed by atoms with Crippen LogP contribution in [0.1, 0.15) is 5.56 Å². The van der Waals surface area contributed by atoms with Crippen molar-refractivity contribution in [2.45, 2.75) is 6.42 Å². The Bertz CT molecular complexity index is 1040. The van der Waals surface area contributed by atoms with Crippen molar-refractivity contribution in [3.8, 4) is 0 Å². The Morgan fingerprint density at radius 1 is 1.14 bits per heavy atom. The van der Waals surface area contributed by atoms with Gasteiger partial charge in [0.1, 0.15) is 5.69 Å². The van der Waals surface area contributed by atoms with Crippen LogP contribution in [0, 0.1) is 10.1 Å². The Labute approximate surface area is 166 Å². The van der Waals surface area contributed by atoms with E-state index in [1.54, 1.807) is 12.1 Å². The molecule has 4 rings (SSSR count). The van der Waals surface area contributed by atoms with Crippen LogP contribution in [-0.2, 0) is 11.2 Å². The van der Waals surface area contributed by atoms with Gasteiger partial charge in [-0.25, -0.2) is 0 Å². The number of aromatic nitrogens is 1. The van der Waals surface area contributed by atoms with Crippen molar-refractivity contribution in [1.29, 1.82) is 0 Å². The van der Waals surface area contributed by atoms with Crippen LogP contribution in [0.15, 0.2) is 48.7 Å². The SMILES string of the molecule is O=C(Cc1c[nH]c2ccccc12)N1CCN(c2ccc(Cl)cc2[N+](=O)[O-])CC1. The molecule has 7 nitrogen and oxygen atoms in total. The molecule has 1 N–H and O–H groups in total. The van der Waals surface area contributed by atoms with Gasteiger partial charge in [-0.2, -0.15) is 0 Å². The van der Waals surface area contributed by atoms with Crippen molar-refractivity contribution in [2.24, 2.45) is 0 Å². The van der Waals surface area contributed by atoms with Gasteiger partial charge in [0.05, 0.1) is 11.3 Å². The van der Waals surface area contributed by atoms with E-state index in [0.717, 1.165) is 16.5 Å². The molecule has 0 bridgehead atoms. The van der Waals surface area contributed by atoms with E-state index < -0.39 is 4.92 Å². The number of nitrogens with zero attached hydrogens (tertiary/aromatic N) is 3. The summed E-state index contributed by atoms with van der Waals surface area (Å²) in [7, 11) is 0. The van der Waals surface area contributed by atoms with Crippen LogP contribution in [0.2, 0.25) is 5.02 Å². The van der Waals surface area contributed by atoms with Crippen LogP contribution in [-0.4, -0.2) is 46.9 Å². The van der Waals surface area contributed by atoms with Crippen LogP contribution in [0.5, 0.6) is 0 Å². The lowest BCUT2D eigenvalue weighted by atomic mass is 10.1. The number of para-hydroxylation sites is 1. The van der Waals surface area contributed by atoms with Gasteiger partial charge in [0.2, 0.25) is 5.91 Å². The zero-order valence-corrected chi connectivity index (χ0v) is 15.9. The topological polar surface area (TPSA) is 82.5 Å². The van der Waals surface area contributed by atoms with Crippen LogP contribution >= 0.6 is 11.6 Å². The molecule has 0 radical (unpaired) electrons. The van der Waals surface area contributed by atoms with E-state index in [2.05, 4.69) is 4.98 Å². The molecular formula is C20H19ClN4O3. The van der Waals surface area contributed by atoms with Gasteiger partial charge in [-0.05, 0) is 23.8 Å². The largest absolute Gasteiger partial charge is 0.362 e. The van der Waals surface area contributed by atoms with Gasteiger partial charge in [-0.3, -0.25) is 14.9 Å². The predicted octanol–water partition coefficient (Wildman–Crippen LogP) is 3.62. The number of fused-ring (bicyclic) bond motifs is 1. The summed E-state index contributed by atoms with van der Waals surface area (Å²) in [5, 5.41) is 12.7. The van der Waals surface area contributed by atoms with E-state index in [4.69, 9.17) is 11.6 Å². The standard InChI is InChI=1S/C20H19ClN4O3/c21-15-5-6-18(19(12-15)25(27)28)23-7-9-24(10-8-23)20(26)11-14-13-22-17-4-2-1-3-16(14)17/h1-6,12-13,22H,7-11H2. The number of nitrogens with one attached hydrogen (secondary N) is 1. The number of rotatable bonds is 4. The molecule has 1 aliphatic heterocycles. The summed E-state index contributed by atoms with van der Waals surface area (Å²) in [6, 6.07) is 12.6. The second-order valence-corrected chi connectivity index (χ2v) is 7.23. The average Bonchev–Trinajstić information content (AvgIpc) is 3.11. The fourth-order valence-corrected chi connectivity index (χ4v) is 3.83. The molecule has 0 aliphatic carbocycles. The first-order valence-electron chi connectivity index (χ1n) is 9.04. The summed E-state index contributed by atoms with van der Waals surface area (Å²) in [5.74, 6) is 0.0648. The third-order valence-corrected chi connectivity index (χ3v) is 5.36. The molecule has 3 aromatic rings. The van der Waals surface area contributed by atoms with E-state index in [0.29, 0.717) is 43.3 Å². The molecule has 1 saturated heterocycles. The lowest BCUT2D eigenvalue weighted by molar-refractivity contribution is -0.384. The Hall–Kier alpha value is -3.06. The lowest BCUT2D eigenvalue weighted by Crippen LogP contribution is -2.49. The van der Waals surface area contributed by atoms with Crippen molar-refractivity contribution in [3.63, 3.8) is 0 Å². The fraction of sp³-hybridized carbons (Fsp3) is 0.250. The molecule has 0 saturated carbocycles. The number of H-pyrrole nitrogens is 1. The second-order valence-electron chi connectivity index (χ2n) is 6.79. The van der Waals surface area contributed by atoms with Gasteiger partial charge < -0.3 is 14.8 Å². The van der Waals surface area contributed by atoms with E-state index in [1.807, 2.05) is 40.3 Å². The van der Waals surface area contributed by atoms with E-state index in [9.17, 15) is 14.9 Å². The molecule has 1 aliphatic rings.